The Morgan fingerprint density at radius 3 is 2.42 bits per heavy atom. The molecule has 0 spiro atoms. The second kappa shape index (κ2) is 11.2. The van der Waals surface area contributed by atoms with Crippen LogP contribution in [0.25, 0.3) is 5.69 Å². The number of para-hydroxylation sites is 1. The lowest BCUT2D eigenvalue weighted by molar-refractivity contribution is -0.275. The fourth-order valence-corrected chi connectivity index (χ4v) is 6.29. The number of halogens is 4. The summed E-state index contributed by atoms with van der Waals surface area (Å²) in [5, 5.41) is 8.85. The molecule has 2 aromatic carbocycles. The van der Waals surface area contributed by atoms with Crippen LogP contribution in [0.4, 0.5) is 17.6 Å². The molecule has 0 radical (unpaired) electrons. The molecule has 0 unspecified atom stereocenters. The fraction of sp³-hybridized carbons (Fsp3) is 0.391. The number of ether oxygens (including phenoxy) is 1. The predicted molar refractivity (Wildman–Crippen MR) is 126 cm³/mol. The van der Waals surface area contributed by atoms with Crippen molar-refractivity contribution in [2.45, 2.75) is 55.1 Å². The summed E-state index contributed by atoms with van der Waals surface area (Å²) in [6.45, 7) is -0.364. The van der Waals surface area contributed by atoms with Gasteiger partial charge < -0.3 is 4.74 Å². The average Bonchev–Trinajstić information content (AvgIpc) is 3.25. The molecule has 1 saturated carbocycles. The molecule has 0 amide bonds. The molecule has 1 fully saturated rings. The van der Waals surface area contributed by atoms with Gasteiger partial charge in [0.05, 0.1) is 6.54 Å². The van der Waals surface area contributed by atoms with E-state index in [4.69, 9.17) is 0 Å². The van der Waals surface area contributed by atoms with Crippen molar-refractivity contribution in [2.75, 3.05) is 5.75 Å². The van der Waals surface area contributed by atoms with Crippen LogP contribution in [0.15, 0.2) is 58.6 Å². The van der Waals surface area contributed by atoms with E-state index in [1.807, 2.05) is 0 Å². The maximum atomic E-state index is 13.5. The molecular formula is C23H24F4N4O3S2. The van der Waals surface area contributed by atoms with Gasteiger partial charge in [0.2, 0.25) is 10.0 Å². The van der Waals surface area contributed by atoms with Crippen LogP contribution in [0, 0.1) is 11.7 Å². The van der Waals surface area contributed by atoms with Crippen molar-refractivity contribution < 1.29 is 30.7 Å². The number of rotatable bonds is 9. The number of hydrogen-bond donors (Lipinski definition) is 1. The number of alkyl halides is 3. The van der Waals surface area contributed by atoms with Crippen LogP contribution in [0.1, 0.15) is 37.9 Å². The van der Waals surface area contributed by atoms with Crippen LogP contribution in [-0.2, 0) is 16.6 Å². The summed E-state index contributed by atoms with van der Waals surface area (Å²) in [5.41, 5.74) is 0.530. The lowest BCUT2D eigenvalue weighted by atomic mass is 9.91. The van der Waals surface area contributed by atoms with E-state index < -0.39 is 32.8 Å². The van der Waals surface area contributed by atoms with Crippen LogP contribution in [0.3, 0.4) is 0 Å². The van der Waals surface area contributed by atoms with Gasteiger partial charge in [-0.05, 0) is 55.2 Å². The largest absolute Gasteiger partial charge is 0.573 e. The van der Waals surface area contributed by atoms with E-state index in [-0.39, 0.29) is 12.4 Å². The van der Waals surface area contributed by atoms with E-state index in [0.29, 0.717) is 16.8 Å². The minimum Gasteiger partial charge on any atom is -0.404 e. The van der Waals surface area contributed by atoms with Crippen molar-refractivity contribution in [1.82, 2.24) is 19.5 Å². The van der Waals surface area contributed by atoms with E-state index in [9.17, 15) is 26.0 Å². The summed E-state index contributed by atoms with van der Waals surface area (Å²) in [5.74, 6) is 0.264. The van der Waals surface area contributed by atoms with Crippen molar-refractivity contribution in [3.05, 3.63) is 60.2 Å². The van der Waals surface area contributed by atoms with Gasteiger partial charge in [-0.1, -0.05) is 43.2 Å². The van der Waals surface area contributed by atoms with E-state index in [0.717, 1.165) is 30.7 Å². The van der Waals surface area contributed by atoms with Gasteiger partial charge in [-0.25, -0.2) is 17.5 Å². The molecule has 0 saturated heterocycles. The normalized spacial score (nSPS) is 15.2. The summed E-state index contributed by atoms with van der Waals surface area (Å²) in [6.07, 6.45) is 0.797. The molecule has 0 bridgehead atoms. The first-order valence-electron chi connectivity index (χ1n) is 11.3. The molecule has 1 aliphatic carbocycles. The zero-order valence-corrected chi connectivity index (χ0v) is 20.7. The molecule has 4 rings (SSSR count). The summed E-state index contributed by atoms with van der Waals surface area (Å²) in [6, 6.07) is 10.0. The number of thioether (sulfide) groups is 1. The molecule has 7 nitrogen and oxygen atoms in total. The Labute approximate surface area is 210 Å². The van der Waals surface area contributed by atoms with Crippen LogP contribution in [0.5, 0.6) is 5.75 Å². The van der Waals surface area contributed by atoms with E-state index in [1.54, 1.807) is 4.57 Å². The van der Waals surface area contributed by atoms with E-state index in [2.05, 4.69) is 19.7 Å². The molecule has 0 aliphatic heterocycles. The SMILES string of the molecule is O=S(=O)(NCc1nnc(SCC2CCCCC2)n1-c1ccc(F)cc1)c1ccccc1OC(F)(F)F. The van der Waals surface area contributed by atoms with E-state index >= 15 is 0 Å². The fourth-order valence-electron chi connectivity index (χ4n) is 4.02. The molecule has 1 N–H and O–H groups in total. The Morgan fingerprint density at radius 2 is 1.72 bits per heavy atom. The highest BCUT2D eigenvalue weighted by Gasteiger charge is 2.34. The molecule has 1 aliphatic rings. The maximum Gasteiger partial charge on any atom is 0.573 e. The third-order valence-corrected chi connectivity index (χ3v) is 8.34. The zero-order chi connectivity index (χ0) is 25.8. The van der Waals surface area contributed by atoms with Crippen molar-refractivity contribution in [3.63, 3.8) is 0 Å². The number of benzene rings is 2. The number of aromatic nitrogens is 3. The Balaban J connectivity index is 1.58. The Morgan fingerprint density at radius 1 is 1.03 bits per heavy atom. The van der Waals surface area contributed by atoms with Gasteiger partial charge in [0.1, 0.15) is 16.5 Å². The van der Waals surface area contributed by atoms with Gasteiger partial charge >= 0.3 is 6.36 Å². The number of hydrogen-bond acceptors (Lipinski definition) is 6. The highest BCUT2D eigenvalue weighted by atomic mass is 32.2. The minimum absolute atomic E-state index is 0.200. The van der Waals surface area contributed by atoms with Crippen LogP contribution in [0.2, 0.25) is 0 Å². The van der Waals surface area contributed by atoms with Gasteiger partial charge in [-0.3, -0.25) is 4.57 Å². The van der Waals surface area contributed by atoms with Crippen LogP contribution >= 0.6 is 11.8 Å². The Hall–Kier alpha value is -2.64. The molecule has 1 aromatic heterocycles. The minimum atomic E-state index is -5.06. The van der Waals surface area contributed by atoms with Crippen molar-refractivity contribution in [2.24, 2.45) is 5.92 Å². The summed E-state index contributed by atoms with van der Waals surface area (Å²) >= 11 is 1.49. The van der Waals surface area contributed by atoms with Crippen LogP contribution < -0.4 is 9.46 Å². The van der Waals surface area contributed by atoms with Crippen molar-refractivity contribution >= 4 is 21.8 Å². The van der Waals surface area contributed by atoms with Gasteiger partial charge in [-0.2, -0.15) is 0 Å². The first-order valence-corrected chi connectivity index (χ1v) is 13.8. The Bertz CT molecular complexity index is 1280. The number of nitrogens with one attached hydrogen (secondary N) is 1. The molecule has 1 heterocycles. The zero-order valence-electron chi connectivity index (χ0n) is 19.0. The van der Waals surface area contributed by atoms with Gasteiger partial charge in [0.25, 0.3) is 0 Å². The third-order valence-electron chi connectivity index (χ3n) is 5.74. The second-order valence-electron chi connectivity index (χ2n) is 8.34. The standard InChI is InChI=1S/C23H24F4N4O3S2/c24-17-10-12-18(13-11-17)31-21(29-30-22(31)35-15-16-6-2-1-3-7-16)14-28-36(32,33)20-9-5-4-8-19(20)34-23(25,26)27/h4-5,8-13,16,28H,1-3,6-7,14-15H2. The highest BCUT2D eigenvalue weighted by Crippen LogP contribution is 2.32. The Kier molecular flexibility index (Phi) is 8.20. The van der Waals surface area contributed by atoms with Gasteiger partial charge in [0.15, 0.2) is 11.0 Å². The molecular weight excluding hydrogens is 520 g/mol. The average molecular weight is 545 g/mol. The summed E-state index contributed by atoms with van der Waals surface area (Å²) in [4.78, 5) is -0.665. The topological polar surface area (TPSA) is 86.1 Å². The van der Waals surface area contributed by atoms with Crippen molar-refractivity contribution in [3.8, 4) is 11.4 Å². The molecule has 3 aromatic rings. The summed E-state index contributed by atoms with van der Waals surface area (Å²) < 4.78 is 85.3. The molecule has 36 heavy (non-hydrogen) atoms. The molecule has 0 atom stereocenters. The number of nitrogens with zero attached hydrogens (tertiary/aromatic N) is 3. The lowest BCUT2D eigenvalue weighted by Crippen LogP contribution is -2.27. The quantitative estimate of drug-likeness (QED) is 0.285. The van der Waals surface area contributed by atoms with Gasteiger partial charge in [0, 0.05) is 11.4 Å². The van der Waals surface area contributed by atoms with E-state index in [1.165, 1.54) is 67.4 Å². The third kappa shape index (κ3) is 6.77. The van der Waals surface area contributed by atoms with Crippen molar-refractivity contribution in [1.29, 1.82) is 0 Å². The summed E-state index contributed by atoms with van der Waals surface area (Å²) in [7, 11) is -4.41. The first kappa shape index (κ1) is 26.4. The predicted octanol–water partition coefficient (Wildman–Crippen LogP) is 5.46. The van der Waals surface area contributed by atoms with Crippen LogP contribution in [-0.4, -0.2) is 35.3 Å². The highest BCUT2D eigenvalue weighted by molar-refractivity contribution is 7.99. The number of sulfonamides is 1. The first-order chi connectivity index (χ1) is 17.1. The molecule has 194 valence electrons. The monoisotopic (exact) mass is 544 g/mol. The second-order valence-corrected chi connectivity index (χ2v) is 11.1. The maximum absolute atomic E-state index is 13.5. The van der Waals surface area contributed by atoms with Gasteiger partial charge in [-0.15, -0.1) is 23.4 Å². The molecule has 13 heteroatoms. The lowest BCUT2D eigenvalue weighted by Gasteiger charge is -2.20. The smallest absolute Gasteiger partial charge is 0.404 e.